The van der Waals surface area contributed by atoms with Gasteiger partial charge in [0.2, 0.25) is 5.95 Å². The number of nitrogen functional groups attached to an aromatic ring is 1. The van der Waals surface area contributed by atoms with Gasteiger partial charge in [0.25, 0.3) is 0 Å². The first-order chi connectivity index (χ1) is 9.45. The van der Waals surface area contributed by atoms with Gasteiger partial charge in [-0.25, -0.2) is 4.98 Å². The number of anilines is 1. The fourth-order valence-corrected chi connectivity index (χ4v) is 2.53. The molecule has 3 rings (SSSR count). The maximum atomic E-state index is 10.4. The average Bonchev–Trinajstić information content (AvgIpc) is 2.90. The van der Waals surface area contributed by atoms with Gasteiger partial charge in [-0.3, -0.25) is 0 Å². The number of aromatic nitrogens is 3. The van der Waals surface area contributed by atoms with Gasteiger partial charge in [0.15, 0.2) is 6.23 Å². The molecule has 0 bridgehead atoms. The molecule has 5 N–H and O–H groups in total. The van der Waals surface area contributed by atoms with E-state index in [4.69, 9.17) is 10.5 Å². The molecular formula is C12H16N4O4. The zero-order valence-corrected chi connectivity index (χ0v) is 10.8. The summed E-state index contributed by atoms with van der Waals surface area (Å²) in [5, 5.41) is 30.4. The summed E-state index contributed by atoms with van der Waals surface area (Å²) >= 11 is 0. The predicted octanol–water partition coefficient (Wildman–Crippen LogP) is -0.985. The van der Waals surface area contributed by atoms with E-state index in [9.17, 15) is 15.3 Å². The number of ether oxygens (including phenoxy) is 1. The number of nitrogens with zero attached hydrogens (tertiary/aromatic N) is 3. The van der Waals surface area contributed by atoms with E-state index in [1.807, 2.05) is 0 Å². The normalized spacial score (nSPS) is 33.9. The van der Waals surface area contributed by atoms with Crippen molar-refractivity contribution in [1.82, 2.24) is 14.5 Å². The molecule has 4 unspecified atom stereocenters. The summed E-state index contributed by atoms with van der Waals surface area (Å²) in [6.45, 7) is 1.07. The van der Waals surface area contributed by atoms with Crippen molar-refractivity contribution >= 4 is 17.0 Å². The maximum absolute atomic E-state index is 10.4. The van der Waals surface area contributed by atoms with E-state index in [0.717, 1.165) is 5.39 Å². The zero-order valence-electron chi connectivity index (χ0n) is 10.8. The van der Waals surface area contributed by atoms with Crippen LogP contribution in [0.15, 0.2) is 18.5 Å². The van der Waals surface area contributed by atoms with Crippen LogP contribution in [0, 0.1) is 0 Å². The third kappa shape index (κ3) is 1.77. The van der Waals surface area contributed by atoms with Gasteiger partial charge in [0, 0.05) is 17.8 Å². The third-order valence-electron chi connectivity index (χ3n) is 3.66. The van der Waals surface area contributed by atoms with E-state index in [1.54, 1.807) is 23.0 Å². The summed E-state index contributed by atoms with van der Waals surface area (Å²) in [5.41, 5.74) is 4.51. The molecule has 8 nitrogen and oxygen atoms in total. The van der Waals surface area contributed by atoms with Crippen LogP contribution in [-0.4, -0.2) is 54.3 Å². The molecule has 2 aromatic rings. The number of nitrogens with two attached hydrogens (primary N) is 1. The molecule has 108 valence electrons. The number of hydrogen-bond donors (Lipinski definition) is 4. The van der Waals surface area contributed by atoms with Crippen molar-refractivity contribution in [3.8, 4) is 0 Å². The minimum atomic E-state index is -1.56. The van der Waals surface area contributed by atoms with E-state index in [-0.39, 0.29) is 12.6 Å². The van der Waals surface area contributed by atoms with Gasteiger partial charge in [-0.1, -0.05) is 0 Å². The Morgan fingerprint density at radius 1 is 1.55 bits per heavy atom. The number of hydrogen-bond acceptors (Lipinski definition) is 7. The summed E-state index contributed by atoms with van der Waals surface area (Å²) in [6.07, 6.45) is 0.310. The van der Waals surface area contributed by atoms with Gasteiger partial charge in [-0.05, 0) is 13.0 Å². The molecule has 1 saturated heterocycles. The molecule has 1 fully saturated rings. The molecule has 0 aliphatic carbocycles. The fraction of sp³-hybridized carbons (Fsp3) is 0.500. The Bertz CT molecular complexity index is 641. The summed E-state index contributed by atoms with van der Waals surface area (Å²) in [5.74, 6) is 0.106. The largest absolute Gasteiger partial charge is 0.394 e. The first-order valence-corrected chi connectivity index (χ1v) is 6.21. The van der Waals surface area contributed by atoms with Crippen LogP contribution in [-0.2, 0) is 4.74 Å². The molecule has 20 heavy (non-hydrogen) atoms. The minimum Gasteiger partial charge on any atom is -0.394 e. The Morgan fingerprint density at radius 2 is 2.30 bits per heavy atom. The molecule has 0 aromatic carbocycles. The van der Waals surface area contributed by atoms with Gasteiger partial charge in [-0.15, -0.1) is 0 Å². The van der Waals surface area contributed by atoms with Gasteiger partial charge in [0.05, 0.1) is 6.61 Å². The molecule has 1 aliphatic heterocycles. The lowest BCUT2D eigenvalue weighted by Gasteiger charge is -2.27. The SMILES string of the molecule is CC1(O)C(O)C(CO)OC1n1ccc2cnc(N)nc21. The second-order valence-corrected chi connectivity index (χ2v) is 5.11. The molecule has 0 amide bonds. The highest BCUT2D eigenvalue weighted by Gasteiger charge is 2.53. The first kappa shape index (κ1) is 13.3. The quantitative estimate of drug-likeness (QED) is 0.556. The van der Waals surface area contributed by atoms with Crippen molar-refractivity contribution in [1.29, 1.82) is 0 Å². The molecule has 1 aliphatic rings. The second kappa shape index (κ2) is 4.38. The van der Waals surface area contributed by atoms with Crippen molar-refractivity contribution in [3.63, 3.8) is 0 Å². The summed E-state index contributed by atoms with van der Waals surface area (Å²) in [7, 11) is 0. The van der Waals surface area contributed by atoms with Gasteiger partial charge in [0.1, 0.15) is 23.5 Å². The highest BCUT2D eigenvalue weighted by Crippen LogP contribution is 2.39. The van der Waals surface area contributed by atoms with E-state index < -0.39 is 24.0 Å². The van der Waals surface area contributed by atoms with Crippen LogP contribution in [0.2, 0.25) is 0 Å². The lowest BCUT2D eigenvalue weighted by molar-refractivity contribution is -0.0948. The van der Waals surface area contributed by atoms with Crippen molar-refractivity contribution in [3.05, 3.63) is 18.5 Å². The summed E-state index contributed by atoms with van der Waals surface area (Å²) in [4.78, 5) is 8.01. The Hall–Kier alpha value is -1.74. The van der Waals surface area contributed by atoms with E-state index in [0.29, 0.717) is 5.65 Å². The number of rotatable bonds is 2. The lowest BCUT2D eigenvalue weighted by Crippen LogP contribution is -2.44. The fourth-order valence-electron chi connectivity index (χ4n) is 2.53. The Labute approximate surface area is 114 Å². The molecule has 8 heteroatoms. The highest BCUT2D eigenvalue weighted by molar-refractivity contribution is 5.76. The maximum Gasteiger partial charge on any atom is 0.221 e. The van der Waals surface area contributed by atoms with Crippen molar-refractivity contribution in [2.75, 3.05) is 12.3 Å². The van der Waals surface area contributed by atoms with Crippen LogP contribution in [0.25, 0.3) is 11.0 Å². The standard InChI is InChI=1S/C12H16N4O4/c1-12(19)8(18)7(5-17)20-10(12)16-3-2-6-4-14-11(13)15-9(6)16/h2-4,7-8,10,17-19H,5H2,1H3,(H2,13,14,15). The lowest BCUT2D eigenvalue weighted by atomic mass is 9.96. The molecule has 2 aromatic heterocycles. The molecule has 0 radical (unpaired) electrons. The van der Waals surface area contributed by atoms with Crippen molar-refractivity contribution in [2.24, 2.45) is 0 Å². The smallest absolute Gasteiger partial charge is 0.221 e. The summed E-state index contributed by atoms with van der Waals surface area (Å²) in [6, 6.07) is 1.76. The van der Waals surface area contributed by atoms with Crippen LogP contribution in [0.3, 0.4) is 0 Å². The number of aliphatic hydroxyl groups is 3. The number of fused-ring (bicyclic) bond motifs is 1. The van der Waals surface area contributed by atoms with Crippen LogP contribution < -0.4 is 5.73 Å². The molecule has 0 saturated carbocycles. The molecular weight excluding hydrogens is 264 g/mol. The Morgan fingerprint density at radius 3 is 2.95 bits per heavy atom. The topological polar surface area (TPSA) is 127 Å². The van der Waals surface area contributed by atoms with Gasteiger partial charge >= 0.3 is 0 Å². The van der Waals surface area contributed by atoms with Gasteiger partial charge in [-0.2, -0.15) is 4.98 Å². The van der Waals surface area contributed by atoms with Crippen LogP contribution in [0.1, 0.15) is 13.2 Å². The second-order valence-electron chi connectivity index (χ2n) is 5.11. The molecule has 3 heterocycles. The molecule has 0 spiro atoms. The Kier molecular flexibility index (Phi) is 2.91. The third-order valence-corrected chi connectivity index (χ3v) is 3.66. The van der Waals surface area contributed by atoms with Crippen LogP contribution in [0.5, 0.6) is 0 Å². The van der Waals surface area contributed by atoms with Crippen molar-refractivity contribution in [2.45, 2.75) is 31.0 Å². The van der Waals surface area contributed by atoms with Gasteiger partial charge < -0.3 is 30.4 Å². The highest BCUT2D eigenvalue weighted by atomic mass is 16.6. The monoisotopic (exact) mass is 280 g/mol. The van der Waals surface area contributed by atoms with E-state index in [2.05, 4.69) is 9.97 Å². The van der Waals surface area contributed by atoms with Crippen LogP contribution in [0.4, 0.5) is 5.95 Å². The van der Waals surface area contributed by atoms with Crippen LogP contribution >= 0.6 is 0 Å². The Balaban J connectivity index is 2.09. The zero-order chi connectivity index (χ0) is 14.5. The molecule has 4 atom stereocenters. The summed E-state index contributed by atoms with van der Waals surface area (Å²) < 4.78 is 7.12. The van der Waals surface area contributed by atoms with E-state index >= 15 is 0 Å². The average molecular weight is 280 g/mol. The predicted molar refractivity (Wildman–Crippen MR) is 69.6 cm³/mol. The number of aliphatic hydroxyl groups excluding tert-OH is 2. The minimum absolute atomic E-state index is 0.106. The van der Waals surface area contributed by atoms with Crippen molar-refractivity contribution < 1.29 is 20.1 Å². The van der Waals surface area contributed by atoms with E-state index in [1.165, 1.54) is 6.92 Å². The first-order valence-electron chi connectivity index (χ1n) is 6.21.